The maximum atomic E-state index is 12.3. The van der Waals surface area contributed by atoms with E-state index in [4.69, 9.17) is 4.74 Å². The molecule has 1 heterocycles. The summed E-state index contributed by atoms with van der Waals surface area (Å²) in [5.74, 6) is 0.355. The number of rotatable bonds is 5. The normalized spacial score (nSPS) is 16.3. The predicted octanol–water partition coefficient (Wildman–Crippen LogP) is 1.51. The smallest absolute Gasteiger partial charge is 0.265 e. The van der Waals surface area contributed by atoms with Crippen molar-refractivity contribution in [1.82, 2.24) is 4.72 Å². The average Bonchev–Trinajstić information content (AvgIpc) is 2.46. The van der Waals surface area contributed by atoms with Crippen LogP contribution in [0.3, 0.4) is 0 Å². The fourth-order valence-electron chi connectivity index (χ4n) is 2.11. The molecular weight excluding hydrogens is 292 g/mol. The van der Waals surface area contributed by atoms with Crippen molar-refractivity contribution >= 4 is 21.6 Å². The van der Waals surface area contributed by atoms with Crippen LogP contribution < -0.4 is 14.4 Å². The topological polar surface area (TPSA) is 75.7 Å². The van der Waals surface area contributed by atoms with Crippen LogP contribution in [0.1, 0.15) is 27.2 Å². The molecule has 1 aromatic rings. The summed E-state index contributed by atoms with van der Waals surface area (Å²) in [5.41, 5.74) is 0.501. The van der Waals surface area contributed by atoms with Crippen LogP contribution >= 0.6 is 0 Å². The lowest BCUT2D eigenvalue weighted by atomic mass is 10.2. The highest BCUT2D eigenvalue weighted by molar-refractivity contribution is 7.89. The lowest BCUT2D eigenvalue weighted by Crippen LogP contribution is -2.39. The summed E-state index contributed by atoms with van der Waals surface area (Å²) in [6, 6.07) is 4.43. The monoisotopic (exact) mass is 312 g/mol. The molecule has 2 rings (SSSR count). The SMILES string of the molecule is CC[C@@H](C)NS(=O)(=O)c1ccc2c(c1)N(CC)C(=O)CO2. The van der Waals surface area contributed by atoms with Gasteiger partial charge in [-0.25, -0.2) is 13.1 Å². The van der Waals surface area contributed by atoms with Gasteiger partial charge in [-0.2, -0.15) is 0 Å². The van der Waals surface area contributed by atoms with Crippen molar-refractivity contribution in [3.05, 3.63) is 18.2 Å². The zero-order valence-corrected chi connectivity index (χ0v) is 13.2. The van der Waals surface area contributed by atoms with Crippen molar-refractivity contribution in [3.63, 3.8) is 0 Å². The molecule has 0 aliphatic carbocycles. The number of nitrogens with zero attached hydrogens (tertiary/aromatic N) is 1. The Morgan fingerprint density at radius 2 is 2.10 bits per heavy atom. The van der Waals surface area contributed by atoms with Gasteiger partial charge in [-0.05, 0) is 38.5 Å². The Kier molecular flexibility index (Phi) is 4.53. The molecule has 0 spiro atoms. The Labute approximate surface area is 125 Å². The van der Waals surface area contributed by atoms with Crippen LogP contribution in [0.25, 0.3) is 0 Å². The van der Waals surface area contributed by atoms with Crippen molar-refractivity contribution in [1.29, 1.82) is 0 Å². The number of carbonyl (C=O) groups is 1. The Morgan fingerprint density at radius 3 is 2.71 bits per heavy atom. The molecule has 0 fully saturated rings. The van der Waals surface area contributed by atoms with Crippen molar-refractivity contribution in [3.8, 4) is 5.75 Å². The number of hydrogen-bond acceptors (Lipinski definition) is 4. The number of nitrogens with one attached hydrogen (secondary N) is 1. The van der Waals surface area contributed by atoms with E-state index < -0.39 is 10.0 Å². The van der Waals surface area contributed by atoms with E-state index in [1.54, 1.807) is 13.0 Å². The molecule has 6 nitrogen and oxygen atoms in total. The number of benzene rings is 1. The minimum absolute atomic E-state index is 0.0158. The summed E-state index contributed by atoms with van der Waals surface area (Å²) in [6.45, 7) is 6.01. The molecule has 21 heavy (non-hydrogen) atoms. The number of anilines is 1. The quantitative estimate of drug-likeness (QED) is 0.894. The maximum Gasteiger partial charge on any atom is 0.265 e. The van der Waals surface area contributed by atoms with E-state index >= 15 is 0 Å². The molecule has 116 valence electrons. The number of fused-ring (bicyclic) bond motifs is 1. The van der Waals surface area contributed by atoms with Gasteiger partial charge < -0.3 is 9.64 Å². The van der Waals surface area contributed by atoms with Crippen molar-refractivity contribution < 1.29 is 17.9 Å². The molecule has 0 aromatic heterocycles. The van der Waals surface area contributed by atoms with Gasteiger partial charge >= 0.3 is 0 Å². The Bertz CT molecular complexity index is 642. The van der Waals surface area contributed by atoms with Crippen LogP contribution in [0.5, 0.6) is 5.75 Å². The standard InChI is InChI=1S/C14H20N2O4S/c1-4-10(3)15-21(18,19)11-6-7-13-12(8-11)16(5-2)14(17)9-20-13/h6-8,10,15H,4-5,9H2,1-3H3/t10-/m1/s1. The van der Waals surface area contributed by atoms with Gasteiger partial charge in [0, 0.05) is 12.6 Å². The first-order valence-corrected chi connectivity index (χ1v) is 8.47. The van der Waals surface area contributed by atoms with E-state index in [1.165, 1.54) is 17.0 Å². The van der Waals surface area contributed by atoms with Crippen molar-refractivity contribution in [2.45, 2.75) is 38.1 Å². The highest BCUT2D eigenvalue weighted by atomic mass is 32.2. The largest absolute Gasteiger partial charge is 0.482 e. The van der Waals surface area contributed by atoms with Crippen LogP contribution in [-0.2, 0) is 14.8 Å². The lowest BCUT2D eigenvalue weighted by Gasteiger charge is -2.28. The fraction of sp³-hybridized carbons (Fsp3) is 0.500. The van der Waals surface area contributed by atoms with Gasteiger partial charge in [0.1, 0.15) is 5.75 Å². The van der Waals surface area contributed by atoms with Crippen LogP contribution in [0, 0.1) is 0 Å². The van der Waals surface area contributed by atoms with Crippen molar-refractivity contribution in [2.75, 3.05) is 18.1 Å². The zero-order valence-electron chi connectivity index (χ0n) is 12.4. The van der Waals surface area contributed by atoms with Crippen LogP contribution in [-0.4, -0.2) is 33.5 Å². The Hall–Kier alpha value is -1.60. The van der Waals surface area contributed by atoms with Crippen LogP contribution in [0.4, 0.5) is 5.69 Å². The molecule has 0 saturated carbocycles. The van der Waals surface area contributed by atoms with E-state index in [0.29, 0.717) is 24.4 Å². The Morgan fingerprint density at radius 1 is 1.38 bits per heavy atom. The predicted molar refractivity (Wildman–Crippen MR) is 80.0 cm³/mol. The molecule has 1 aliphatic rings. The highest BCUT2D eigenvalue weighted by Crippen LogP contribution is 2.34. The summed E-state index contributed by atoms with van der Waals surface area (Å²) >= 11 is 0. The zero-order chi connectivity index (χ0) is 15.6. The molecule has 1 atom stereocenters. The Balaban J connectivity index is 2.40. The van der Waals surface area contributed by atoms with E-state index in [-0.39, 0.29) is 23.5 Å². The number of sulfonamides is 1. The summed E-state index contributed by atoms with van der Waals surface area (Å²) in [4.78, 5) is 13.5. The third-order valence-corrected chi connectivity index (χ3v) is 5.06. The van der Waals surface area contributed by atoms with Crippen molar-refractivity contribution in [2.24, 2.45) is 0 Å². The summed E-state index contributed by atoms with van der Waals surface area (Å²) in [6.07, 6.45) is 0.701. The fourth-order valence-corrected chi connectivity index (χ4v) is 3.46. The number of likely N-dealkylation sites (N-methyl/N-ethyl adjacent to an activating group) is 1. The molecule has 0 unspecified atom stereocenters. The third kappa shape index (κ3) is 3.19. The summed E-state index contributed by atoms with van der Waals surface area (Å²) < 4.78 is 32.5. The minimum Gasteiger partial charge on any atom is -0.482 e. The first-order valence-electron chi connectivity index (χ1n) is 6.98. The molecule has 0 radical (unpaired) electrons. The third-order valence-electron chi connectivity index (χ3n) is 3.47. The number of ether oxygens (including phenoxy) is 1. The van der Waals surface area contributed by atoms with Gasteiger partial charge in [-0.3, -0.25) is 4.79 Å². The van der Waals surface area contributed by atoms with Gasteiger partial charge in [-0.15, -0.1) is 0 Å². The van der Waals surface area contributed by atoms with Gasteiger partial charge in [0.05, 0.1) is 10.6 Å². The second kappa shape index (κ2) is 6.03. The second-order valence-electron chi connectivity index (χ2n) is 4.99. The average molecular weight is 312 g/mol. The molecule has 1 amide bonds. The van der Waals surface area contributed by atoms with E-state index in [2.05, 4.69) is 4.72 Å². The minimum atomic E-state index is -3.60. The van der Waals surface area contributed by atoms with Gasteiger partial charge in [0.25, 0.3) is 5.91 Å². The molecule has 0 saturated heterocycles. The molecule has 0 bridgehead atoms. The number of amides is 1. The van der Waals surface area contributed by atoms with Crippen LogP contribution in [0.2, 0.25) is 0 Å². The van der Waals surface area contributed by atoms with E-state index in [9.17, 15) is 13.2 Å². The van der Waals surface area contributed by atoms with Gasteiger partial charge in [0.2, 0.25) is 10.0 Å². The van der Waals surface area contributed by atoms with E-state index in [0.717, 1.165) is 0 Å². The summed E-state index contributed by atoms with van der Waals surface area (Å²) in [7, 11) is -3.60. The maximum absolute atomic E-state index is 12.3. The molecule has 1 aliphatic heterocycles. The molecular formula is C14H20N2O4S. The van der Waals surface area contributed by atoms with E-state index in [1.807, 2.05) is 13.8 Å². The first kappa shape index (κ1) is 15.8. The molecule has 7 heteroatoms. The van der Waals surface area contributed by atoms with Gasteiger partial charge in [0.15, 0.2) is 6.61 Å². The van der Waals surface area contributed by atoms with Crippen LogP contribution in [0.15, 0.2) is 23.1 Å². The lowest BCUT2D eigenvalue weighted by molar-refractivity contribution is -0.121. The number of carbonyl (C=O) groups excluding carboxylic acids is 1. The first-order chi connectivity index (χ1) is 9.89. The second-order valence-corrected chi connectivity index (χ2v) is 6.70. The summed E-state index contributed by atoms with van der Waals surface area (Å²) in [5, 5.41) is 0. The molecule has 1 aromatic carbocycles. The number of hydrogen-bond donors (Lipinski definition) is 1. The van der Waals surface area contributed by atoms with Gasteiger partial charge in [-0.1, -0.05) is 6.92 Å². The molecule has 1 N–H and O–H groups in total. The highest BCUT2D eigenvalue weighted by Gasteiger charge is 2.26.